The first-order valence-electron chi connectivity index (χ1n) is 8.96. The van der Waals surface area contributed by atoms with Gasteiger partial charge in [0.15, 0.2) is 0 Å². The Morgan fingerprint density at radius 3 is 2.71 bits per heavy atom. The van der Waals surface area contributed by atoms with Crippen molar-refractivity contribution >= 4 is 18.3 Å². The van der Waals surface area contributed by atoms with Gasteiger partial charge < -0.3 is 15.4 Å². The standard InChI is InChI=1S/C19H28N2O2.ClH/c20-9-2-12-23-18-7-10-21(11-8-18)19(22)14-15-5-6-16-3-1-4-17(16)13-15;/h5-6,13,18H,1-4,7-12,14,20H2;1H. The Morgan fingerprint density at radius 2 is 1.96 bits per heavy atom. The van der Waals surface area contributed by atoms with Crippen molar-refractivity contribution in [3.8, 4) is 0 Å². The Hall–Kier alpha value is -1.10. The van der Waals surface area contributed by atoms with Crippen molar-refractivity contribution < 1.29 is 9.53 Å². The second-order valence-electron chi connectivity index (χ2n) is 6.73. The number of amides is 1. The first-order valence-corrected chi connectivity index (χ1v) is 8.96. The smallest absolute Gasteiger partial charge is 0.226 e. The third-order valence-corrected chi connectivity index (χ3v) is 5.01. The fraction of sp³-hybridized carbons (Fsp3) is 0.632. The summed E-state index contributed by atoms with van der Waals surface area (Å²) in [5.74, 6) is 0.253. The Balaban J connectivity index is 0.00000208. The number of piperidine rings is 1. The molecule has 0 spiro atoms. The lowest BCUT2D eigenvalue weighted by Crippen LogP contribution is -2.41. The van der Waals surface area contributed by atoms with Gasteiger partial charge in [0.25, 0.3) is 0 Å². The van der Waals surface area contributed by atoms with Crippen LogP contribution in [0.3, 0.4) is 0 Å². The molecule has 0 radical (unpaired) electrons. The molecule has 0 unspecified atom stereocenters. The Labute approximate surface area is 151 Å². The lowest BCUT2D eigenvalue weighted by atomic mass is 10.0. The van der Waals surface area contributed by atoms with Gasteiger partial charge in [0.05, 0.1) is 12.5 Å². The van der Waals surface area contributed by atoms with Crippen molar-refractivity contribution in [1.82, 2.24) is 4.90 Å². The maximum atomic E-state index is 12.5. The van der Waals surface area contributed by atoms with Crippen LogP contribution < -0.4 is 5.73 Å². The minimum atomic E-state index is 0. The maximum absolute atomic E-state index is 12.5. The number of ether oxygens (including phenoxy) is 1. The number of nitrogens with zero attached hydrogens (tertiary/aromatic N) is 1. The molecule has 1 aromatic rings. The number of benzene rings is 1. The highest BCUT2D eigenvalue weighted by Gasteiger charge is 2.23. The van der Waals surface area contributed by atoms with Gasteiger partial charge in [-0.2, -0.15) is 0 Å². The summed E-state index contributed by atoms with van der Waals surface area (Å²) in [5.41, 5.74) is 9.56. The number of carbonyl (C=O) groups excluding carboxylic acids is 1. The third-order valence-electron chi connectivity index (χ3n) is 5.01. The molecule has 1 aromatic carbocycles. The number of halogens is 1. The number of hydrogen-bond acceptors (Lipinski definition) is 3. The van der Waals surface area contributed by atoms with Gasteiger partial charge in [0.2, 0.25) is 5.91 Å². The lowest BCUT2D eigenvalue weighted by molar-refractivity contribution is -0.133. The first-order chi connectivity index (χ1) is 11.3. The van der Waals surface area contributed by atoms with Gasteiger partial charge in [-0.15, -0.1) is 12.4 Å². The number of nitrogens with two attached hydrogens (primary N) is 1. The van der Waals surface area contributed by atoms with Gasteiger partial charge in [-0.1, -0.05) is 18.2 Å². The molecule has 5 heteroatoms. The number of aryl methyl sites for hydroxylation is 2. The molecule has 0 aromatic heterocycles. The quantitative estimate of drug-likeness (QED) is 0.800. The fourth-order valence-corrected chi connectivity index (χ4v) is 3.63. The number of rotatable bonds is 6. The molecule has 1 aliphatic heterocycles. The Morgan fingerprint density at radius 1 is 1.21 bits per heavy atom. The molecule has 24 heavy (non-hydrogen) atoms. The van der Waals surface area contributed by atoms with Gasteiger partial charge in [-0.25, -0.2) is 0 Å². The minimum Gasteiger partial charge on any atom is -0.378 e. The summed E-state index contributed by atoms with van der Waals surface area (Å²) in [7, 11) is 0. The van der Waals surface area contributed by atoms with E-state index in [-0.39, 0.29) is 18.3 Å². The zero-order valence-electron chi connectivity index (χ0n) is 14.3. The molecule has 2 aliphatic rings. The molecule has 3 rings (SSSR count). The lowest BCUT2D eigenvalue weighted by Gasteiger charge is -2.32. The van der Waals surface area contributed by atoms with Crippen LogP contribution in [0.2, 0.25) is 0 Å². The normalized spacial score (nSPS) is 17.5. The SMILES string of the molecule is Cl.NCCCOC1CCN(C(=O)Cc2ccc3c(c2)CCC3)CC1. The van der Waals surface area contributed by atoms with Crippen molar-refractivity contribution in [2.75, 3.05) is 26.2 Å². The van der Waals surface area contributed by atoms with E-state index >= 15 is 0 Å². The fourth-order valence-electron chi connectivity index (χ4n) is 3.63. The van der Waals surface area contributed by atoms with Crippen LogP contribution in [0.1, 0.15) is 42.4 Å². The van der Waals surface area contributed by atoms with Crippen molar-refractivity contribution in [3.05, 3.63) is 34.9 Å². The Kier molecular flexibility index (Phi) is 7.53. The maximum Gasteiger partial charge on any atom is 0.226 e. The van der Waals surface area contributed by atoms with Crippen molar-refractivity contribution in [2.24, 2.45) is 5.73 Å². The molecule has 0 bridgehead atoms. The number of fused-ring (bicyclic) bond motifs is 1. The number of hydrogen-bond donors (Lipinski definition) is 1. The van der Waals surface area contributed by atoms with E-state index in [0.29, 0.717) is 19.1 Å². The van der Waals surface area contributed by atoms with E-state index in [2.05, 4.69) is 18.2 Å². The zero-order valence-corrected chi connectivity index (χ0v) is 15.2. The third kappa shape index (κ3) is 4.95. The number of carbonyl (C=O) groups is 1. The van der Waals surface area contributed by atoms with Gasteiger partial charge in [-0.05, 0) is 61.8 Å². The molecule has 0 saturated carbocycles. The first kappa shape index (κ1) is 19.2. The summed E-state index contributed by atoms with van der Waals surface area (Å²) >= 11 is 0. The topological polar surface area (TPSA) is 55.6 Å². The predicted molar refractivity (Wildman–Crippen MR) is 98.6 cm³/mol. The zero-order chi connectivity index (χ0) is 16.1. The molecule has 0 atom stereocenters. The van der Waals surface area contributed by atoms with Gasteiger partial charge >= 0.3 is 0 Å². The highest BCUT2D eigenvalue weighted by molar-refractivity contribution is 5.85. The van der Waals surface area contributed by atoms with Crippen molar-refractivity contribution in [1.29, 1.82) is 0 Å². The van der Waals surface area contributed by atoms with Crippen LogP contribution in [0.15, 0.2) is 18.2 Å². The summed E-state index contributed by atoms with van der Waals surface area (Å²) in [6.07, 6.45) is 7.25. The van der Waals surface area contributed by atoms with E-state index in [1.165, 1.54) is 30.4 Å². The second-order valence-corrected chi connectivity index (χ2v) is 6.73. The second kappa shape index (κ2) is 9.40. The molecule has 134 valence electrons. The van der Waals surface area contributed by atoms with Crippen molar-refractivity contribution in [3.63, 3.8) is 0 Å². The number of likely N-dealkylation sites (tertiary alicyclic amines) is 1. The van der Waals surface area contributed by atoms with Crippen LogP contribution in [0, 0.1) is 0 Å². The summed E-state index contributed by atoms with van der Waals surface area (Å²) in [5, 5.41) is 0. The minimum absolute atomic E-state index is 0. The van der Waals surface area contributed by atoms with Gasteiger partial charge in [-0.3, -0.25) is 4.79 Å². The highest BCUT2D eigenvalue weighted by atomic mass is 35.5. The summed E-state index contributed by atoms with van der Waals surface area (Å²) in [6.45, 7) is 3.05. The summed E-state index contributed by atoms with van der Waals surface area (Å²) in [6, 6.07) is 6.58. The highest BCUT2D eigenvalue weighted by Crippen LogP contribution is 2.23. The van der Waals surface area contributed by atoms with Crippen LogP contribution in [0.4, 0.5) is 0 Å². The predicted octanol–water partition coefficient (Wildman–Crippen LogP) is 2.50. The molecule has 1 fully saturated rings. The van der Waals surface area contributed by atoms with Gasteiger partial charge in [0, 0.05) is 19.7 Å². The van der Waals surface area contributed by atoms with Crippen LogP contribution in [-0.2, 0) is 28.8 Å². The molecule has 1 aliphatic carbocycles. The van der Waals surface area contributed by atoms with E-state index in [9.17, 15) is 4.79 Å². The average molecular weight is 353 g/mol. The molecular weight excluding hydrogens is 324 g/mol. The summed E-state index contributed by atoms with van der Waals surface area (Å²) < 4.78 is 5.80. The van der Waals surface area contributed by atoms with Crippen LogP contribution in [-0.4, -0.2) is 43.2 Å². The molecule has 4 nitrogen and oxygen atoms in total. The average Bonchev–Trinajstić information content (AvgIpc) is 3.03. The molecular formula is C19H29ClN2O2. The van der Waals surface area contributed by atoms with E-state index in [4.69, 9.17) is 10.5 Å². The van der Waals surface area contributed by atoms with Crippen LogP contribution >= 0.6 is 12.4 Å². The van der Waals surface area contributed by atoms with E-state index in [1.54, 1.807) is 0 Å². The summed E-state index contributed by atoms with van der Waals surface area (Å²) in [4.78, 5) is 14.5. The van der Waals surface area contributed by atoms with E-state index < -0.39 is 0 Å². The largest absolute Gasteiger partial charge is 0.378 e. The van der Waals surface area contributed by atoms with E-state index in [1.807, 2.05) is 4.90 Å². The van der Waals surface area contributed by atoms with Gasteiger partial charge in [0.1, 0.15) is 0 Å². The Bertz CT molecular complexity index is 542. The molecule has 2 N–H and O–H groups in total. The van der Waals surface area contributed by atoms with E-state index in [0.717, 1.165) is 44.5 Å². The molecule has 1 heterocycles. The van der Waals surface area contributed by atoms with Crippen LogP contribution in [0.5, 0.6) is 0 Å². The van der Waals surface area contributed by atoms with Crippen LogP contribution in [0.25, 0.3) is 0 Å². The molecule has 1 saturated heterocycles. The molecule has 1 amide bonds. The monoisotopic (exact) mass is 352 g/mol. The van der Waals surface area contributed by atoms with Crippen molar-refractivity contribution in [2.45, 2.75) is 51.0 Å².